The molecule has 8 heteroatoms. The van der Waals surface area contributed by atoms with E-state index < -0.39 is 5.60 Å². The van der Waals surface area contributed by atoms with Gasteiger partial charge in [0.1, 0.15) is 24.2 Å². The molecule has 8 nitrogen and oxygen atoms in total. The van der Waals surface area contributed by atoms with E-state index in [1.807, 2.05) is 36.5 Å². The first-order valence-electron chi connectivity index (χ1n) is 13.1. The molecule has 3 aromatic heterocycles. The van der Waals surface area contributed by atoms with Crippen molar-refractivity contribution in [2.75, 3.05) is 24.6 Å². The molecule has 0 saturated carbocycles. The molecule has 2 atom stereocenters. The van der Waals surface area contributed by atoms with Crippen LogP contribution >= 0.6 is 0 Å². The molecule has 3 saturated heterocycles. The summed E-state index contributed by atoms with van der Waals surface area (Å²) in [5.74, 6) is 4.23. The molecule has 6 heterocycles. The fourth-order valence-electron chi connectivity index (χ4n) is 5.57. The van der Waals surface area contributed by atoms with Crippen LogP contribution in [-0.4, -0.2) is 62.0 Å². The van der Waals surface area contributed by atoms with Gasteiger partial charge in [0.05, 0.1) is 29.1 Å². The average Bonchev–Trinajstić information content (AvgIpc) is 3.37. The van der Waals surface area contributed by atoms with E-state index in [2.05, 4.69) is 39.0 Å². The Morgan fingerprint density at radius 2 is 1.97 bits per heavy atom. The van der Waals surface area contributed by atoms with Gasteiger partial charge in [-0.1, -0.05) is 18.1 Å². The molecule has 196 valence electrons. The summed E-state index contributed by atoms with van der Waals surface area (Å²) in [6.07, 6.45) is 11.9. The van der Waals surface area contributed by atoms with E-state index in [4.69, 9.17) is 16.1 Å². The highest BCUT2D eigenvalue weighted by atomic mass is 16.5. The van der Waals surface area contributed by atoms with E-state index in [0.29, 0.717) is 28.9 Å². The van der Waals surface area contributed by atoms with Gasteiger partial charge >= 0.3 is 0 Å². The first kappa shape index (κ1) is 24.9. The second-order valence-electron chi connectivity index (χ2n) is 11.0. The van der Waals surface area contributed by atoms with Crippen LogP contribution in [0.3, 0.4) is 0 Å². The molecule has 3 aliphatic rings. The van der Waals surface area contributed by atoms with Crippen LogP contribution in [0.25, 0.3) is 16.6 Å². The number of benzene rings is 1. The maximum absolute atomic E-state index is 10.1. The lowest BCUT2D eigenvalue weighted by molar-refractivity contribution is -0.00868. The summed E-state index contributed by atoms with van der Waals surface area (Å²) in [7, 11) is 0. The fraction of sp³-hybridized carbons (Fsp3) is 0.323. The molecule has 3 aliphatic heterocycles. The summed E-state index contributed by atoms with van der Waals surface area (Å²) in [6.45, 7) is 6.30. The van der Waals surface area contributed by atoms with Crippen LogP contribution in [0.15, 0.2) is 61.1 Å². The smallest absolute Gasteiger partial charge is 0.138 e. The van der Waals surface area contributed by atoms with Gasteiger partial charge < -0.3 is 14.7 Å². The third kappa shape index (κ3) is 4.93. The Kier molecular flexibility index (Phi) is 6.23. The number of piperazine rings is 1. The van der Waals surface area contributed by atoms with E-state index in [0.717, 1.165) is 42.1 Å². The highest BCUT2D eigenvalue weighted by Gasteiger charge is 2.44. The predicted molar refractivity (Wildman–Crippen MR) is 149 cm³/mol. The number of nitrogens with zero attached hydrogens (tertiary/aromatic N) is 6. The molecule has 0 radical (unpaired) electrons. The zero-order valence-corrected chi connectivity index (χ0v) is 22.1. The van der Waals surface area contributed by atoms with Gasteiger partial charge in [0, 0.05) is 54.6 Å². The highest BCUT2D eigenvalue weighted by molar-refractivity contribution is 5.85. The topological polar surface area (TPSA) is 89.9 Å². The second kappa shape index (κ2) is 9.74. The number of hydrogen-bond donors (Lipinski definition) is 1. The van der Waals surface area contributed by atoms with Gasteiger partial charge in [-0.3, -0.25) is 4.90 Å². The summed E-state index contributed by atoms with van der Waals surface area (Å²) >= 11 is 0. The molecule has 39 heavy (non-hydrogen) atoms. The van der Waals surface area contributed by atoms with Crippen molar-refractivity contribution in [1.82, 2.24) is 19.5 Å². The Labute approximate surface area is 228 Å². The van der Waals surface area contributed by atoms with Crippen molar-refractivity contribution < 1.29 is 9.84 Å². The number of ether oxygens (including phenoxy) is 1. The number of nitriles is 1. The van der Waals surface area contributed by atoms with Gasteiger partial charge in [-0.25, -0.2) is 9.50 Å². The fourth-order valence-corrected chi connectivity index (χ4v) is 5.57. The summed E-state index contributed by atoms with van der Waals surface area (Å²) < 4.78 is 7.49. The molecule has 7 rings (SSSR count). The van der Waals surface area contributed by atoms with Crippen LogP contribution in [0.1, 0.15) is 37.0 Å². The van der Waals surface area contributed by atoms with Crippen molar-refractivity contribution in [1.29, 1.82) is 5.26 Å². The molecule has 3 fully saturated rings. The van der Waals surface area contributed by atoms with Crippen molar-refractivity contribution in [2.45, 2.75) is 44.5 Å². The Morgan fingerprint density at radius 1 is 1.15 bits per heavy atom. The van der Waals surface area contributed by atoms with E-state index in [9.17, 15) is 10.4 Å². The zero-order chi connectivity index (χ0) is 27.1. The number of terminal acetylenes is 1. The Bertz CT molecular complexity index is 1590. The molecule has 0 aliphatic carbocycles. The minimum absolute atomic E-state index is 0.130. The van der Waals surface area contributed by atoms with Gasteiger partial charge in [-0.05, 0) is 56.2 Å². The van der Waals surface area contributed by atoms with Gasteiger partial charge in [-0.15, -0.1) is 6.42 Å². The zero-order valence-electron chi connectivity index (χ0n) is 22.1. The van der Waals surface area contributed by atoms with E-state index in [-0.39, 0.29) is 6.61 Å². The number of fused-ring (bicyclic) bond motifs is 3. The second-order valence-corrected chi connectivity index (χ2v) is 11.0. The number of aliphatic hydroxyl groups is 1. The van der Waals surface area contributed by atoms with Crippen molar-refractivity contribution in [3.8, 4) is 35.3 Å². The lowest BCUT2D eigenvalue weighted by atomic mass is 9.86. The Hall–Kier alpha value is -4.37. The lowest BCUT2D eigenvalue weighted by Gasteiger charge is -2.56. The van der Waals surface area contributed by atoms with Crippen LogP contribution in [0.4, 0.5) is 5.82 Å². The monoisotopic (exact) mass is 518 g/mol. The SMILES string of the molecule is C#Cc1cccc(CN2C3CC2CN(c2ccc(-c4cc(OCC(C)(C)O)cn5ncc(C#N)c45)cn2)C3)c1. The molecule has 1 N–H and O–H groups in total. The number of aromatic nitrogens is 3. The number of rotatable bonds is 7. The molecular weight excluding hydrogens is 488 g/mol. The lowest BCUT2D eigenvalue weighted by Crippen LogP contribution is -2.68. The Morgan fingerprint density at radius 3 is 2.67 bits per heavy atom. The van der Waals surface area contributed by atoms with Crippen molar-refractivity contribution >= 4 is 11.3 Å². The van der Waals surface area contributed by atoms with Gasteiger partial charge in [0.2, 0.25) is 0 Å². The number of pyridine rings is 2. The third-order valence-electron chi connectivity index (χ3n) is 7.49. The number of hydrogen-bond acceptors (Lipinski definition) is 7. The summed E-state index contributed by atoms with van der Waals surface area (Å²) in [6, 6.07) is 17.4. The van der Waals surface area contributed by atoms with Crippen molar-refractivity contribution in [3.63, 3.8) is 0 Å². The number of piperidine rings is 1. The van der Waals surface area contributed by atoms with Crippen molar-refractivity contribution in [2.24, 2.45) is 0 Å². The third-order valence-corrected chi connectivity index (χ3v) is 7.49. The first-order chi connectivity index (χ1) is 18.8. The Balaban J connectivity index is 1.20. The molecule has 2 unspecified atom stereocenters. The standard InChI is InChI=1S/C31H30N6O2/c1-4-21-6-5-7-22(10-21)16-36-25-11-26(36)18-35(17-25)29-9-8-23(14-33-29)28-12-27(39-20-31(2,3)38)19-37-30(28)24(13-32)15-34-37/h1,5-10,12,14-15,19,25-26,38H,11,16-18,20H2,2-3H3. The molecule has 2 bridgehead atoms. The maximum atomic E-state index is 10.1. The predicted octanol–water partition coefficient (Wildman–Crippen LogP) is 3.86. The molecule has 4 aromatic rings. The minimum atomic E-state index is -0.976. The summed E-state index contributed by atoms with van der Waals surface area (Å²) in [4.78, 5) is 9.74. The quantitative estimate of drug-likeness (QED) is 0.372. The van der Waals surface area contributed by atoms with E-state index >= 15 is 0 Å². The average molecular weight is 519 g/mol. The van der Waals surface area contributed by atoms with Crippen LogP contribution in [0, 0.1) is 23.7 Å². The normalized spacial score (nSPS) is 18.8. The first-order valence-corrected chi connectivity index (χ1v) is 13.1. The minimum Gasteiger partial charge on any atom is -0.489 e. The van der Waals surface area contributed by atoms with E-state index in [1.165, 1.54) is 12.0 Å². The van der Waals surface area contributed by atoms with E-state index in [1.54, 1.807) is 30.8 Å². The molecule has 0 spiro atoms. The largest absolute Gasteiger partial charge is 0.489 e. The van der Waals surface area contributed by atoms with Crippen LogP contribution in [-0.2, 0) is 6.54 Å². The van der Waals surface area contributed by atoms with Crippen LogP contribution < -0.4 is 9.64 Å². The number of anilines is 1. The summed E-state index contributed by atoms with van der Waals surface area (Å²) in [5.41, 5.74) is 4.06. The maximum Gasteiger partial charge on any atom is 0.138 e. The molecule has 0 amide bonds. The van der Waals surface area contributed by atoms with Crippen molar-refractivity contribution in [3.05, 3.63) is 77.7 Å². The van der Waals surface area contributed by atoms with Crippen LogP contribution in [0.5, 0.6) is 5.75 Å². The van der Waals surface area contributed by atoms with Gasteiger partial charge in [0.25, 0.3) is 0 Å². The molecule has 1 aromatic carbocycles. The van der Waals surface area contributed by atoms with Gasteiger partial charge in [0.15, 0.2) is 0 Å². The highest BCUT2D eigenvalue weighted by Crippen LogP contribution is 2.36. The van der Waals surface area contributed by atoms with Crippen LogP contribution in [0.2, 0.25) is 0 Å². The summed E-state index contributed by atoms with van der Waals surface area (Å²) in [5, 5.41) is 24.1. The van der Waals surface area contributed by atoms with Gasteiger partial charge in [-0.2, -0.15) is 10.4 Å². The molecular formula is C31H30N6O2.